The first kappa shape index (κ1) is 21.6. The van der Waals surface area contributed by atoms with Gasteiger partial charge in [-0.1, -0.05) is 11.3 Å². The number of nitrogens with zero attached hydrogens (tertiary/aromatic N) is 5. The van der Waals surface area contributed by atoms with E-state index in [2.05, 4.69) is 32.7 Å². The lowest BCUT2D eigenvalue weighted by atomic mass is 10.0. The molecule has 1 aliphatic rings. The van der Waals surface area contributed by atoms with E-state index in [1.54, 1.807) is 13.2 Å². The van der Waals surface area contributed by atoms with Crippen LogP contribution in [0.4, 0.5) is 0 Å². The molecule has 1 N–H and O–H groups in total. The van der Waals surface area contributed by atoms with Gasteiger partial charge in [0, 0.05) is 44.9 Å². The number of hydrogen-bond acceptors (Lipinski definition) is 6. The molecule has 2 aromatic heterocycles. The fourth-order valence-corrected chi connectivity index (χ4v) is 4.68. The Balaban J connectivity index is 1.15. The van der Waals surface area contributed by atoms with Gasteiger partial charge in [0.15, 0.2) is 0 Å². The number of ether oxygens (including phenoxy) is 1. The van der Waals surface area contributed by atoms with Crippen molar-refractivity contribution in [1.29, 1.82) is 0 Å². The van der Waals surface area contributed by atoms with Gasteiger partial charge >= 0.3 is 0 Å². The van der Waals surface area contributed by atoms with Crippen LogP contribution in [-0.2, 0) is 20.1 Å². The van der Waals surface area contributed by atoms with Gasteiger partial charge in [-0.2, -0.15) is 0 Å². The molecule has 0 unspecified atom stereocenters. The summed E-state index contributed by atoms with van der Waals surface area (Å²) in [6.45, 7) is 4.46. The molecule has 0 aliphatic carbocycles. The van der Waals surface area contributed by atoms with Crippen molar-refractivity contribution >= 4 is 21.9 Å². The lowest BCUT2D eigenvalue weighted by Gasteiger charge is -2.32. The molecule has 2 aromatic carbocycles. The monoisotopic (exact) mass is 446 g/mol. The second-order valence-electron chi connectivity index (χ2n) is 8.78. The molecule has 1 aliphatic heterocycles. The largest absolute Gasteiger partial charge is 0.497 e. The second kappa shape index (κ2) is 9.33. The fraction of sp³-hybridized carbons (Fsp3) is 0.400. The van der Waals surface area contributed by atoms with E-state index in [-0.39, 0.29) is 5.56 Å². The number of methoxy groups -OCH3 is 1. The van der Waals surface area contributed by atoms with Crippen molar-refractivity contribution in [1.82, 2.24) is 29.8 Å². The van der Waals surface area contributed by atoms with E-state index >= 15 is 0 Å². The molecule has 0 saturated carbocycles. The number of aryl methyl sites for hydroxylation is 1. The number of fused-ring (bicyclic) bond motifs is 2. The van der Waals surface area contributed by atoms with Crippen LogP contribution in [0.25, 0.3) is 21.9 Å². The standard InChI is InChI=1S/C25H30N6O2/c1-29-24-15-18(3-7-22(24)27-28-29)17-26-20-9-11-30(12-10-20)13-14-31-23-16-21(33-2)6-4-19(23)5-8-25(31)32/h3-8,15-16,20,26H,9-14,17H2,1-2H3. The Hall–Kier alpha value is -3.23. The maximum absolute atomic E-state index is 12.5. The highest BCUT2D eigenvalue weighted by molar-refractivity contribution is 5.80. The van der Waals surface area contributed by atoms with Crippen molar-refractivity contribution in [3.63, 3.8) is 0 Å². The second-order valence-corrected chi connectivity index (χ2v) is 8.78. The van der Waals surface area contributed by atoms with Crippen LogP contribution in [0.15, 0.2) is 53.3 Å². The van der Waals surface area contributed by atoms with E-state index in [4.69, 9.17) is 4.74 Å². The normalized spacial score (nSPS) is 15.5. The van der Waals surface area contributed by atoms with Crippen LogP contribution < -0.4 is 15.6 Å². The van der Waals surface area contributed by atoms with Crippen LogP contribution in [0.2, 0.25) is 0 Å². The lowest BCUT2D eigenvalue weighted by molar-refractivity contribution is 0.191. The first-order valence-electron chi connectivity index (χ1n) is 11.5. The molecule has 0 spiro atoms. The number of aromatic nitrogens is 4. The summed E-state index contributed by atoms with van der Waals surface area (Å²) in [5, 5.41) is 13.0. The number of likely N-dealkylation sites (tertiary alicyclic amines) is 1. The molecular formula is C25H30N6O2. The zero-order chi connectivity index (χ0) is 22.8. The van der Waals surface area contributed by atoms with Crippen molar-refractivity contribution in [2.24, 2.45) is 7.05 Å². The number of piperidine rings is 1. The van der Waals surface area contributed by atoms with Crippen LogP contribution in [0.1, 0.15) is 18.4 Å². The first-order valence-corrected chi connectivity index (χ1v) is 11.5. The maximum Gasteiger partial charge on any atom is 0.251 e. The Kier molecular flexibility index (Phi) is 6.11. The lowest BCUT2D eigenvalue weighted by Crippen LogP contribution is -2.43. The third kappa shape index (κ3) is 4.62. The minimum absolute atomic E-state index is 0.0351. The van der Waals surface area contributed by atoms with Crippen molar-refractivity contribution in [2.75, 3.05) is 26.7 Å². The van der Waals surface area contributed by atoms with Gasteiger partial charge < -0.3 is 19.5 Å². The summed E-state index contributed by atoms with van der Waals surface area (Å²) < 4.78 is 9.04. The third-order valence-corrected chi connectivity index (χ3v) is 6.70. The summed E-state index contributed by atoms with van der Waals surface area (Å²) in [6, 6.07) is 16.2. The van der Waals surface area contributed by atoms with Crippen molar-refractivity contribution in [2.45, 2.75) is 32.0 Å². The molecule has 8 heteroatoms. The molecule has 1 fully saturated rings. The van der Waals surface area contributed by atoms with Gasteiger partial charge in [-0.3, -0.25) is 4.79 Å². The first-order chi connectivity index (χ1) is 16.1. The highest BCUT2D eigenvalue weighted by Gasteiger charge is 2.19. The Morgan fingerprint density at radius 3 is 2.67 bits per heavy atom. The summed E-state index contributed by atoms with van der Waals surface area (Å²) in [6.07, 6.45) is 2.21. The molecule has 1 saturated heterocycles. The van der Waals surface area contributed by atoms with E-state index in [1.807, 2.05) is 46.6 Å². The molecule has 0 atom stereocenters. The average molecular weight is 447 g/mol. The quantitative estimate of drug-likeness (QED) is 0.470. The Morgan fingerprint density at radius 1 is 1.03 bits per heavy atom. The summed E-state index contributed by atoms with van der Waals surface area (Å²) in [7, 11) is 3.57. The van der Waals surface area contributed by atoms with E-state index in [9.17, 15) is 4.79 Å². The van der Waals surface area contributed by atoms with Crippen molar-refractivity contribution < 1.29 is 4.74 Å². The number of nitrogens with one attached hydrogen (secondary N) is 1. The molecule has 33 heavy (non-hydrogen) atoms. The molecule has 5 rings (SSSR count). The van der Waals surface area contributed by atoms with Crippen molar-refractivity contribution in [3.05, 3.63) is 64.4 Å². The van der Waals surface area contributed by atoms with Gasteiger partial charge in [0.25, 0.3) is 5.56 Å². The van der Waals surface area contributed by atoms with Crippen molar-refractivity contribution in [3.8, 4) is 5.75 Å². The van der Waals surface area contributed by atoms with Gasteiger partial charge in [0.05, 0.1) is 18.1 Å². The average Bonchev–Trinajstić information content (AvgIpc) is 3.22. The Bertz CT molecular complexity index is 1320. The van der Waals surface area contributed by atoms with Crippen LogP contribution >= 0.6 is 0 Å². The molecule has 0 amide bonds. The minimum atomic E-state index is 0.0351. The molecular weight excluding hydrogens is 416 g/mol. The van der Waals surface area contributed by atoms with Crippen LogP contribution in [-0.4, -0.2) is 57.2 Å². The number of benzene rings is 2. The van der Waals surface area contributed by atoms with E-state index in [0.717, 1.165) is 66.7 Å². The summed E-state index contributed by atoms with van der Waals surface area (Å²) in [4.78, 5) is 15.0. The molecule has 4 aromatic rings. The summed E-state index contributed by atoms with van der Waals surface area (Å²) >= 11 is 0. The number of hydrogen-bond donors (Lipinski definition) is 1. The smallest absolute Gasteiger partial charge is 0.251 e. The Morgan fingerprint density at radius 2 is 1.85 bits per heavy atom. The van der Waals surface area contributed by atoms with Gasteiger partial charge in [-0.15, -0.1) is 5.10 Å². The highest BCUT2D eigenvalue weighted by Crippen LogP contribution is 2.20. The third-order valence-electron chi connectivity index (χ3n) is 6.70. The number of rotatable bonds is 7. The zero-order valence-electron chi connectivity index (χ0n) is 19.2. The molecule has 0 bridgehead atoms. The van der Waals surface area contributed by atoms with E-state index < -0.39 is 0 Å². The summed E-state index contributed by atoms with van der Waals surface area (Å²) in [5.74, 6) is 0.771. The van der Waals surface area contributed by atoms with Crippen LogP contribution in [0.3, 0.4) is 0 Å². The molecule has 3 heterocycles. The molecule has 0 radical (unpaired) electrons. The van der Waals surface area contributed by atoms with Crippen LogP contribution in [0.5, 0.6) is 5.75 Å². The number of pyridine rings is 1. The molecule has 172 valence electrons. The predicted octanol–water partition coefficient (Wildman–Crippen LogP) is 2.55. The predicted molar refractivity (Wildman–Crippen MR) is 130 cm³/mol. The maximum atomic E-state index is 12.5. The van der Waals surface area contributed by atoms with Gasteiger partial charge in [-0.25, -0.2) is 4.68 Å². The summed E-state index contributed by atoms with van der Waals surface area (Å²) in [5.41, 5.74) is 4.21. The molecule has 8 nitrogen and oxygen atoms in total. The van der Waals surface area contributed by atoms with E-state index in [1.165, 1.54) is 5.56 Å². The zero-order valence-corrected chi connectivity index (χ0v) is 19.2. The highest BCUT2D eigenvalue weighted by atomic mass is 16.5. The van der Waals surface area contributed by atoms with Gasteiger partial charge in [0.2, 0.25) is 0 Å². The Labute approximate surface area is 192 Å². The van der Waals surface area contributed by atoms with E-state index in [0.29, 0.717) is 12.6 Å². The van der Waals surface area contributed by atoms with Gasteiger partial charge in [-0.05, 0) is 67.2 Å². The fourth-order valence-electron chi connectivity index (χ4n) is 4.68. The SMILES string of the molecule is COc1ccc2ccc(=O)n(CCN3CCC(NCc4ccc5nnn(C)c5c4)CC3)c2c1. The minimum Gasteiger partial charge on any atom is -0.497 e. The van der Waals surface area contributed by atoms with Crippen LogP contribution in [0, 0.1) is 0 Å². The topological polar surface area (TPSA) is 77.2 Å². The van der Waals surface area contributed by atoms with Gasteiger partial charge in [0.1, 0.15) is 11.3 Å².